The molecule has 0 atom stereocenters. The Morgan fingerprint density at radius 3 is 0.606 bits per heavy atom. The summed E-state index contributed by atoms with van der Waals surface area (Å²) in [7, 11) is 0. The van der Waals surface area contributed by atoms with Gasteiger partial charge in [-0.15, -0.1) is 9.97 Å². The standard InChI is InChI=1S/2C39H59N3O4S/c2*1-14-15-16-17-18-19-20-47-35-41-33(45-25-21-27(36(2,3)4)31(43)28(22-25)37(5,6)7)40-34(42-35)46-26-23-29(38(8,9)10)32(44)30(24-26)39(11,12)13/h2*21-24,43-44H,14-20H2,1-13H3. The number of nitrogens with zero attached hydrogens (tertiary/aromatic N) is 6. The summed E-state index contributed by atoms with van der Waals surface area (Å²) in [6.45, 7) is 54.1. The van der Waals surface area contributed by atoms with Crippen molar-refractivity contribution in [2.45, 2.75) is 311 Å². The van der Waals surface area contributed by atoms with Gasteiger partial charge in [0, 0.05) is 56.0 Å². The zero-order valence-corrected chi connectivity index (χ0v) is 64.1. The van der Waals surface area contributed by atoms with Crippen LogP contribution in [0.2, 0.25) is 0 Å². The van der Waals surface area contributed by atoms with Gasteiger partial charge >= 0.3 is 24.0 Å². The van der Waals surface area contributed by atoms with Crippen molar-refractivity contribution in [3.8, 4) is 70.0 Å². The number of phenols is 4. The van der Waals surface area contributed by atoms with E-state index in [1.54, 1.807) is 23.5 Å². The number of aromatic hydroxyl groups is 4. The molecule has 4 aromatic carbocycles. The van der Waals surface area contributed by atoms with E-state index in [4.69, 9.17) is 18.9 Å². The molecule has 94 heavy (non-hydrogen) atoms. The summed E-state index contributed by atoms with van der Waals surface area (Å²) in [5.41, 5.74) is 3.78. The molecule has 14 nitrogen and oxygen atoms in total. The average Bonchev–Trinajstić information content (AvgIpc) is 0.805. The van der Waals surface area contributed by atoms with Gasteiger partial charge in [-0.3, -0.25) is 0 Å². The molecule has 0 unspecified atom stereocenters. The third-order valence-corrected chi connectivity index (χ3v) is 18.1. The van der Waals surface area contributed by atoms with Crippen LogP contribution >= 0.6 is 23.5 Å². The minimum Gasteiger partial charge on any atom is -0.507 e. The molecular weight excluding hydrogens is 1210 g/mol. The predicted molar refractivity (Wildman–Crippen MR) is 390 cm³/mol. The molecule has 2 aromatic heterocycles. The molecule has 0 radical (unpaired) electrons. The van der Waals surface area contributed by atoms with Crippen molar-refractivity contribution in [2.24, 2.45) is 0 Å². The van der Waals surface area contributed by atoms with Gasteiger partial charge in [0.05, 0.1) is 0 Å². The summed E-state index contributed by atoms with van der Waals surface area (Å²) >= 11 is 3.13. The van der Waals surface area contributed by atoms with Gasteiger partial charge in [-0.2, -0.15) is 19.9 Å². The first-order valence-corrected chi connectivity index (χ1v) is 36.2. The molecule has 0 amide bonds. The Morgan fingerprint density at radius 1 is 0.266 bits per heavy atom. The lowest BCUT2D eigenvalue weighted by molar-refractivity contribution is 0.376. The molecule has 6 aromatic rings. The van der Waals surface area contributed by atoms with Crippen molar-refractivity contribution >= 4 is 23.5 Å². The number of ether oxygens (including phenoxy) is 4. The smallest absolute Gasteiger partial charge is 0.329 e. The van der Waals surface area contributed by atoms with Crippen molar-refractivity contribution in [3.05, 3.63) is 93.0 Å². The number of unbranched alkanes of at least 4 members (excludes halogenated alkanes) is 10. The van der Waals surface area contributed by atoms with Crippen molar-refractivity contribution in [2.75, 3.05) is 11.5 Å². The number of phenolic OH excluding ortho intramolecular Hbond substituents is 4. The molecule has 0 saturated heterocycles. The maximum absolute atomic E-state index is 11.2. The van der Waals surface area contributed by atoms with E-state index in [0.29, 0.717) is 33.3 Å². The van der Waals surface area contributed by atoms with Crippen LogP contribution in [-0.4, -0.2) is 61.8 Å². The van der Waals surface area contributed by atoms with E-state index in [-0.39, 0.29) is 90.4 Å². The Morgan fingerprint density at radius 2 is 0.436 bits per heavy atom. The molecule has 0 aliphatic heterocycles. The third kappa shape index (κ3) is 23.1. The van der Waals surface area contributed by atoms with Crippen molar-refractivity contribution in [3.63, 3.8) is 0 Å². The Kier molecular flexibility index (Phi) is 26.7. The minimum absolute atomic E-state index is 0.122. The zero-order valence-electron chi connectivity index (χ0n) is 62.4. The van der Waals surface area contributed by atoms with E-state index in [1.165, 1.54) is 64.2 Å². The highest BCUT2D eigenvalue weighted by molar-refractivity contribution is 7.99. The molecule has 0 spiro atoms. The number of hydrogen-bond acceptors (Lipinski definition) is 16. The SMILES string of the molecule is CCCCCCCCSc1nc(Oc2cc(C(C)(C)C)c(O)c(C(C)(C)C)c2)nc(Oc2cc(C(C)(C)C)c(O)c(C(C)(C)C)c2)n1.CCCCCCCCSc1nc(Oc2cc(C(C)(C)C)c(O)c(C(C)(C)C)c2)nc(Oc2cc(C(C)(C)C)c(O)c(C(C)(C)C)c2)n1. The summed E-state index contributed by atoms with van der Waals surface area (Å²) in [4.78, 5) is 28.0. The topological polar surface area (TPSA) is 195 Å². The van der Waals surface area contributed by atoms with Crippen LogP contribution < -0.4 is 18.9 Å². The van der Waals surface area contributed by atoms with Crippen LogP contribution in [0.3, 0.4) is 0 Å². The fourth-order valence-electron chi connectivity index (χ4n) is 10.7. The molecule has 0 bridgehead atoms. The van der Waals surface area contributed by atoms with Crippen molar-refractivity contribution < 1.29 is 39.4 Å². The van der Waals surface area contributed by atoms with Crippen LogP contribution in [0, 0.1) is 0 Å². The van der Waals surface area contributed by atoms with Gasteiger partial charge in [-0.1, -0.05) is 268 Å². The third-order valence-electron chi connectivity index (χ3n) is 16.2. The molecule has 6 rings (SSSR count). The van der Waals surface area contributed by atoms with Gasteiger partial charge in [0.25, 0.3) is 0 Å². The highest BCUT2D eigenvalue weighted by Crippen LogP contribution is 2.47. The maximum atomic E-state index is 11.2. The lowest BCUT2D eigenvalue weighted by Crippen LogP contribution is -2.17. The van der Waals surface area contributed by atoms with Gasteiger partial charge in [-0.05, 0) is 105 Å². The minimum atomic E-state index is -0.316. The van der Waals surface area contributed by atoms with E-state index >= 15 is 0 Å². The Bertz CT molecular complexity index is 2900. The molecule has 520 valence electrons. The lowest BCUT2D eigenvalue weighted by Gasteiger charge is -2.28. The van der Waals surface area contributed by atoms with E-state index in [1.807, 2.05) is 48.5 Å². The van der Waals surface area contributed by atoms with E-state index < -0.39 is 0 Å². The fourth-order valence-corrected chi connectivity index (χ4v) is 12.3. The van der Waals surface area contributed by atoms with Crippen LogP contribution in [0.5, 0.6) is 70.0 Å². The van der Waals surface area contributed by atoms with Crippen LogP contribution in [0.4, 0.5) is 0 Å². The molecule has 0 aliphatic rings. The highest BCUT2D eigenvalue weighted by atomic mass is 32.2. The fraction of sp³-hybridized carbons (Fsp3) is 0.615. The monoisotopic (exact) mass is 1330 g/mol. The van der Waals surface area contributed by atoms with Gasteiger partial charge in [-0.25, -0.2) is 0 Å². The van der Waals surface area contributed by atoms with Gasteiger partial charge in [0.2, 0.25) is 0 Å². The molecule has 0 aliphatic carbocycles. The number of aromatic nitrogens is 6. The summed E-state index contributed by atoms with van der Waals surface area (Å²) in [6.07, 6.45) is 14.5. The summed E-state index contributed by atoms with van der Waals surface area (Å²) in [6, 6.07) is 15.4. The lowest BCUT2D eigenvalue weighted by atomic mass is 9.79. The number of benzene rings is 4. The number of rotatable bonds is 24. The predicted octanol–water partition coefficient (Wildman–Crippen LogP) is 23.0. The summed E-state index contributed by atoms with van der Waals surface area (Å²) < 4.78 is 25.5. The van der Waals surface area contributed by atoms with Crippen molar-refractivity contribution in [1.29, 1.82) is 0 Å². The molecular formula is C78H118N6O8S2. The first-order valence-electron chi connectivity index (χ1n) is 34.2. The Hall–Kier alpha value is -6.00. The number of hydrogen-bond donors (Lipinski definition) is 4. The van der Waals surface area contributed by atoms with Gasteiger partial charge < -0.3 is 39.4 Å². The molecule has 16 heteroatoms. The van der Waals surface area contributed by atoms with Crippen LogP contribution in [0.1, 0.15) is 302 Å². The summed E-state index contributed by atoms with van der Waals surface area (Å²) in [5.74, 6) is 5.02. The van der Waals surface area contributed by atoms with Gasteiger partial charge in [0.1, 0.15) is 46.0 Å². The van der Waals surface area contributed by atoms with Crippen LogP contribution in [-0.2, 0) is 43.3 Å². The average molecular weight is 1330 g/mol. The quantitative estimate of drug-likeness (QED) is 0.0330. The molecule has 4 N–H and O–H groups in total. The second kappa shape index (κ2) is 31.9. The normalized spacial score (nSPS) is 12.8. The molecule has 0 saturated carbocycles. The first-order chi connectivity index (χ1) is 43.2. The molecule has 0 fully saturated rings. The largest absolute Gasteiger partial charge is 0.507 e. The van der Waals surface area contributed by atoms with Gasteiger partial charge in [0.15, 0.2) is 10.3 Å². The maximum Gasteiger partial charge on any atom is 0.329 e. The van der Waals surface area contributed by atoms with E-state index in [9.17, 15) is 20.4 Å². The Balaban J connectivity index is 0.000000341. The van der Waals surface area contributed by atoms with Crippen LogP contribution in [0.15, 0.2) is 58.8 Å². The van der Waals surface area contributed by atoms with Crippen molar-refractivity contribution in [1.82, 2.24) is 29.9 Å². The highest BCUT2D eigenvalue weighted by Gasteiger charge is 2.33. The molecule has 2 heterocycles. The van der Waals surface area contributed by atoms with E-state index in [0.717, 1.165) is 68.9 Å². The second-order valence-electron chi connectivity index (χ2n) is 33.5. The Labute approximate surface area is 574 Å². The zero-order chi connectivity index (χ0) is 70.7. The first kappa shape index (κ1) is 78.7. The van der Waals surface area contributed by atoms with E-state index in [2.05, 4.69) is 210 Å². The summed E-state index contributed by atoms with van der Waals surface area (Å²) in [5, 5.41) is 46.0. The number of thioether (sulfide) groups is 2. The van der Waals surface area contributed by atoms with Crippen LogP contribution in [0.25, 0.3) is 0 Å². The second-order valence-corrected chi connectivity index (χ2v) is 35.6.